The van der Waals surface area contributed by atoms with Crippen LogP contribution in [0.4, 0.5) is 0 Å². The maximum atomic E-state index is 8.19. The number of rotatable bonds is 6. The number of nitrogens with one attached hydrogen (secondary N) is 2. The molecule has 0 aliphatic heterocycles. The largest absolute Gasteiger partial charge is 0.481 e. The van der Waals surface area contributed by atoms with E-state index < -0.39 is 6.29 Å². The van der Waals surface area contributed by atoms with Crippen LogP contribution in [0.15, 0.2) is 18.2 Å². The molecule has 0 aliphatic rings. The van der Waals surface area contributed by atoms with E-state index in [-0.39, 0.29) is 18.2 Å². The van der Waals surface area contributed by atoms with Crippen molar-refractivity contribution in [3.05, 3.63) is 23.9 Å². The number of methoxy groups -OCH3 is 3. The molecule has 2 N–H and O–H groups in total. The van der Waals surface area contributed by atoms with Crippen molar-refractivity contribution in [1.82, 2.24) is 9.88 Å². The predicted molar refractivity (Wildman–Crippen MR) is 75.5 cm³/mol. The fourth-order valence-electron chi connectivity index (χ4n) is 1.59. The number of aromatic nitrogens is 1. The van der Waals surface area contributed by atoms with Crippen LogP contribution in [0.1, 0.15) is 12.6 Å². The molecule has 0 saturated heterocycles. The molecule has 1 rings (SSSR count). The molecule has 0 amide bonds. The molecule has 0 spiro atoms. The number of ether oxygens (including phenoxy) is 3. The summed E-state index contributed by atoms with van der Waals surface area (Å²) in [6.45, 7) is 1.83. The smallest absolute Gasteiger partial charge is 0.213 e. The average molecular weight is 280 g/mol. The molecule has 20 heavy (non-hydrogen) atoms. The SMILES string of the molecule is COc1cccc(C(=N)N(CC(OC)OC)C(C)=N)n1. The lowest BCUT2D eigenvalue weighted by atomic mass is 10.3. The molecular weight excluding hydrogens is 260 g/mol. The van der Waals surface area contributed by atoms with Gasteiger partial charge in [-0.25, -0.2) is 4.98 Å². The summed E-state index contributed by atoms with van der Waals surface area (Å²) >= 11 is 0. The maximum absolute atomic E-state index is 8.19. The van der Waals surface area contributed by atoms with Crippen molar-refractivity contribution >= 4 is 11.7 Å². The van der Waals surface area contributed by atoms with Gasteiger partial charge in [0.15, 0.2) is 12.1 Å². The van der Waals surface area contributed by atoms with Gasteiger partial charge in [0.25, 0.3) is 0 Å². The Bertz CT molecular complexity index is 474. The minimum atomic E-state index is -0.527. The van der Waals surface area contributed by atoms with Crippen LogP contribution in [0, 0.1) is 10.8 Å². The van der Waals surface area contributed by atoms with Crippen molar-refractivity contribution in [3.63, 3.8) is 0 Å². The van der Waals surface area contributed by atoms with Crippen molar-refractivity contribution < 1.29 is 14.2 Å². The van der Waals surface area contributed by atoms with E-state index in [1.54, 1.807) is 25.1 Å². The highest BCUT2D eigenvalue weighted by Crippen LogP contribution is 2.10. The lowest BCUT2D eigenvalue weighted by Crippen LogP contribution is -2.42. The molecule has 0 unspecified atom stereocenters. The first-order valence-corrected chi connectivity index (χ1v) is 6.01. The Labute approximate surface area is 118 Å². The first kappa shape index (κ1) is 16.1. The van der Waals surface area contributed by atoms with Crippen molar-refractivity contribution in [2.24, 2.45) is 0 Å². The molecule has 0 aromatic carbocycles. The molecular formula is C13H20N4O3. The minimum absolute atomic E-state index is 0.0931. The van der Waals surface area contributed by atoms with Gasteiger partial charge in [-0.3, -0.25) is 10.8 Å². The molecule has 0 saturated carbocycles. The van der Waals surface area contributed by atoms with E-state index in [1.165, 1.54) is 26.2 Å². The first-order chi connectivity index (χ1) is 9.53. The number of hydrogen-bond acceptors (Lipinski definition) is 6. The van der Waals surface area contributed by atoms with Gasteiger partial charge < -0.3 is 19.1 Å². The average Bonchev–Trinajstić information content (AvgIpc) is 2.47. The highest BCUT2D eigenvalue weighted by Gasteiger charge is 2.20. The van der Waals surface area contributed by atoms with Gasteiger partial charge in [0.1, 0.15) is 5.69 Å². The van der Waals surface area contributed by atoms with Crippen molar-refractivity contribution in [2.75, 3.05) is 27.9 Å². The molecule has 0 fully saturated rings. The van der Waals surface area contributed by atoms with Gasteiger partial charge in [0, 0.05) is 20.3 Å². The number of hydrogen-bond donors (Lipinski definition) is 2. The quantitative estimate of drug-likeness (QED) is 0.466. The van der Waals surface area contributed by atoms with E-state index in [9.17, 15) is 0 Å². The Morgan fingerprint density at radius 2 is 1.90 bits per heavy atom. The Kier molecular flexibility index (Phi) is 6.08. The van der Waals surface area contributed by atoms with Crippen LogP contribution in [-0.2, 0) is 9.47 Å². The molecule has 7 heteroatoms. The second-order valence-electron chi connectivity index (χ2n) is 4.01. The van der Waals surface area contributed by atoms with Gasteiger partial charge in [-0.1, -0.05) is 6.07 Å². The number of pyridine rings is 1. The highest BCUT2D eigenvalue weighted by molar-refractivity contribution is 6.05. The third-order valence-electron chi connectivity index (χ3n) is 2.71. The summed E-state index contributed by atoms with van der Waals surface area (Å²) in [6.07, 6.45) is -0.527. The van der Waals surface area contributed by atoms with E-state index in [1.807, 2.05) is 0 Å². The fraction of sp³-hybridized carbons (Fsp3) is 0.462. The van der Waals surface area contributed by atoms with Gasteiger partial charge in [0.05, 0.1) is 19.5 Å². The highest BCUT2D eigenvalue weighted by atomic mass is 16.7. The third kappa shape index (κ3) is 4.01. The second kappa shape index (κ2) is 7.56. The summed E-state index contributed by atoms with van der Waals surface area (Å²) in [4.78, 5) is 5.64. The Hall–Kier alpha value is -1.99. The molecule has 0 radical (unpaired) electrons. The van der Waals surface area contributed by atoms with E-state index in [0.29, 0.717) is 11.6 Å². The summed E-state index contributed by atoms with van der Waals surface area (Å²) in [5.41, 5.74) is 0.418. The molecule has 0 atom stereocenters. The lowest BCUT2D eigenvalue weighted by molar-refractivity contribution is -0.104. The molecule has 0 aliphatic carbocycles. The predicted octanol–water partition coefficient (Wildman–Crippen LogP) is 1.33. The molecule has 7 nitrogen and oxygen atoms in total. The summed E-state index contributed by atoms with van der Waals surface area (Å²) in [5, 5.41) is 16.0. The van der Waals surface area contributed by atoms with Gasteiger partial charge in [-0.2, -0.15) is 0 Å². The number of nitrogens with zero attached hydrogens (tertiary/aromatic N) is 2. The molecule has 110 valence electrons. The van der Waals surface area contributed by atoms with Crippen LogP contribution in [0.5, 0.6) is 5.88 Å². The minimum Gasteiger partial charge on any atom is -0.481 e. The Morgan fingerprint density at radius 1 is 1.25 bits per heavy atom. The fourth-order valence-corrected chi connectivity index (χ4v) is 1.59. The van der Waals surface area contributed by atoms with E-state index >= 15 is 0 Å². The zero-order valence-corrected chi connectivity index (χ0v) is 12.1. The standard InChI is InChI=1S/C13H20N4O3/c1-9(14)17(8-12(19-3)20-4)13(15)10-6-5-7-11(16-10)18-2/h5-7,12,14-15H,8H2,1-4H3. The van der Waals surface area contributed by atoms with E-state index in [2.05, 4.69) is 4.98 Å². The van der Waals surface area contributed by atoms with Crippen LogP contribution in [0.3, 0.4) is 0 Å². The third-order valence-corrected chi connectivity index (χ3v) is 2.71. The monoisotopic (exact) mass is 280 g/mol. The first-order valence-electron chi connectivity index (χ1n) is 6.01. The van der Waals surface area contributed by atoms with Crippen LogP contribution in [0.2, 0.25) is 0 Å². The van der Waals surface area contributed by atoms with Gasteiger partial charge >= 0.3 is 0 Å². The topological polar surface area (TPSA) is 91.5 Å². The second-order valence-corrected chi connectivity index (χ2v) is 4.01. The Balaban J connectivity index is 2.96. The molecule has 1 aromatic heterocycles. The van der Waals surface area contributed by atoms with Crippen molar-refractivity contribution in [1.29, 1.82) is 10.8 Å². The number of amidine groups is 2. The van der Waals surface area contributed by atoms with E-state index in [4.69, 9.17) is 25.0 Å². The lowest BCUT2D eigenvalue weighted by Gasteiger charge is -2.26. The summed E-state index contributed by atoms with van der Waals surface area (Å²) in [5.74, 6) is 0.721. The molecule has 1 aromatic rings. The van der Waals surface area contributed by atoms with Crippen molar-refractivity contribution in [3.8, 4) is 5.88 Å². The zero-order chi connectivity index (χ0) is 15.1. The van der Waals surface area contributed by atoms with Crippen LogP contribution in [-0.4, -0.2) is 55.7 Å². The summed E-state index contributed by atoms with van der Waals surface area (Å²) in [7, 11) is 4.54. The van der Waals surface area contributed by atoms with Gasteiger partial charge in [-0.05, 0) is 13.0 Å². The normalized spacial score (nSPS) is 10.4. The zero-order valence-electron chi connectivity index (χ0n) is 12.1. The van der Waals surface area contributed by atoms with Gasteiger partial charge in [-0.15, -0.1) is 0 Å². The maximum Gasteiger partial charge on any atom is 0.213 e. The van der Waals surface area contributed by atoms with Crippen LogP contribution >= 0.6 is 0 Å². The van der Waals surface area contributed by atoms with Crippen LogP contribution in [0.25, 0.3) is 0 Å². The molecule has 0 bridgehead atoms. The Morgan fingerprint density at radius 3 is 2.40 bits per heavy atom. The summed E-state index contributed by atoms with van der Waals surface area (Å²) in [6, 6.07) is 5.14. The van der Waals surface area contributed by atoms with E-state index in [0.717, 1.165) is 0 Å². The van der Waals surface area contributed by atoms with Crippen molar-refractivity contribution in [2.45, 2.75) is 13.2 Å². The summed E-state index contributed by atoms with van der Waals surface area (Å²) < 4.78 is 15.3. The van der Waals surface area contributed by atoms with Gasteiger partial charge in [0.2, 0.25) is 5.88 Å². The molecule has 1 heterocycles. The van der Waals surface area contributed by atoms with Crippen LogP contribution < -0.4 is 4.74 Å².